The zero-order chi connectivity index (χ0) is 34.6. The number of carbonyl (C=O) groups excluding carboxylic acids is 2. The minimum Gasteiger partial charge on any atom is -0.390 e. The summed E-state index contributed by atoms with van der Waals surface area (Å²) in [6, 6.07) is 7.35. The zero-order valence-electron chi connectivity index (χ0n) is 29.2. The van der Waals surface area contributed by atoms with Crippen molar-refractivity contribution in [3.8, 4) is 0 Å². The van der Waals surface area contributed by atoms with E-state index in [0.717, 1.165) is 31.1 Å². The number of nitrogens with zero attached hydrogens (tertiary/aromatic N) is 3. The number of sulfone groups is 1. The molecule has 0 spiro atoms. The smallest absolute Gasteiger partial charge is 0.239 e. The first kappa shape index (κ1) is 37.0. The summed E-state index contributed by atoms with van der Waals surface area (Å²) < 4.78 is 26.3. The molecule has 2 heterocycles. The van der Waals surface area contributed by atoms with Gasteiger partial charge in [0.25, 0.3) is 0 Å². The van der Waals surface area contributed by atoms with Gasteiger partial charge in [-0.05, 0) is 71.3 Å². The van der Waals surface area contributed by atoms with Gasteiger partial charge in [0.05, 0.1) is 29.5 Å². The highest BCUT2D eigenvalue weighted by molar-refractivity contribution is 7.92. The summed E-state index contributed by atoms with van der Waals surface area (Å²) in [6.07, 6.45) is 9.19. The van der Waals surface area contributed by atoms with Crippen molar-refractivity contribution in [2.45, 2.75) is 114 Å². The minimum absolute atomic E-state index is 0.0363. The van der Waals surface area contributed by atoms with E-state index in [1.165, 1.54) is 26.7 Å². The quantitative estimate of drug-likeness (QED) is 0.254. The second-order valence-electron chi connectivity index (χ2n) is 15.3. The van der Waals surface area contributed by atoms with Crippen LogP contribution in [0.25, 0.3) is 0 Å². The third-order valence-electron chi connectivity index (χ3n) is 10.1. The fourth-order valence-corrected chi connectivity index (χ4v) is 7.66. The van der Waals surface area contributed by atoms with Crippen molar-refractivity contribution in [1.82, 2.24) is 30.4 Å². The number of likely N-dealkylation sites (tertiary alicyclic amines) is 1. The summed E-state index contributed by atoms with van der Waals surface area (Å²) in [7, 11) is -1.86. The van der Waals surface area contributed by atoms with Crippen molar-refractivity contribution in [3.63, 3.8) is 0 Å². The molecule has 4 rings (SSSR count). The summed E-state index contributed by atoms with van der Waals surface area (Å²) in [4.78, 5) is 34.2. The molecule has 2 aromatic rings. The van der Waals surface area contributed by atoms with Crippen LogP contribution < -0.4 is 16.0 Å². The van der Waals surface area contributed by atoms with Gasteiger partial charge in [-0.25, -0.2) is 13.4 Å². The van der Waals surface area contributed by atoms with Crippen LogP contribution in [0, 0.1) is 11.8 Å². The number of fused-ring (bicyclic) bond motifs is 1. The van der Waals surface area contributed by atoms with E-state index in [-0.39, 0.29) is 25.0 Å². The lowest BCUT2D eigenvalue weighted by molar-refractivity contribution is -0.133. The van der Waals surface area contributed by atoms with Gasteiger partial charge >= 0.3 is 0 Å². The Morgan fingerprint density at radius 3 is 2.32 bits per heavy atom. The number of rotatable bonds is 13. The molecule has 0 bridgehead atoms. The molecule has 2 aliphatic rings. The Labute approximate surface area is 281 Å². The second kappa shape index (κ2) is 15.2. The molecule has 0 unspecified atom stereocenters. The highest BCUT2D eigenvalue weighted by Crippen LogP contribution is 2.39. The Balaban J connectivity index is 1.60. The van der Waals surface area contributed by atoms with Crippen LogP contribution in [0.5, 0.6) is 0 Å². The number of aliphatic hydroxyl groups is 1. The lowest BCUT2D eigenvalue weighted by Crippen LogP contribution is -2.63. The van der Waals surface area contributed by atoms with Gasteiger partial charge in [0, 0.05) is 44.3 Å². The average molecular weight is 673 g/mol. The van der Waals surface area contributed by atoms with Crippen molar-refractivity contribution >= 4 is 21.7 Å². The molecule has 11 nitrogen and oxygen atoms in total. The average Bonchev–Trinajstić information content (AvgIpc) is 3.39. The third kappa shape index (κ3) is 9.64. The standard InChI is InChI=1S/C35H56N6O5S/c1-34(2,3)39-32(43)28-20-25-15-11-12-16-26(25)22-41(28)23-29(42)27(19-24-13-9-8-10-14-24)38-33(44)31(35(4,5)47(7,45)46)37-21-30-36-17-18-40(30)6/h8-10,13-14,17-18,25-29,31,37,42H,11-12,15-16,19-23H2,1-7H3,(H,38,44)(H,39,43)/t25-,26+,27-,28-,29+,31+/m0/s1. The van der Waals surface area contributed by atoms with Crippen molar-refractivity contribution in [2.24, 2.45) is 18.9 Å². The maximum Gasteiger partial charge on any atom is 0.239 e. The van der Waals surface area contributed by atoms with Crippen molar-refractivity contribution in [1.29, 1.82) is 0 Å². The number of hydrogen-bond acceptors (Lipinski definition) is 8. The molecule has 12 heteroatoms. The Morgan fingerprint density at radius 1 is 1.06 bits per heavy atom. The molecule has 2 fully saturated rings. The van der Waals surface area contributed by atoms with Crippen LogP contribution in [-0.4, -0.2) is 93.7 Å². The van der Waals surface area contributed by atoms with Crippen LogP contribution in [0.1, 0.15) is 78.1 Å². The number of hydrogen-bond donors (Lipinski definition) is 4. The number of aliphatic hydroxyl groups excluding tert-OH is 1. The molecule has 1 aliphatic heterocycles. The molecule has 1 saturated heterocycles. The van der Waals surface area contributed by atoms with Gasteiger partial charge < -0.3 is 20.3 Å². The highest BCUT2D eigenvalue weighted by atomic mass is 32.2. The fourth-order valence-electron chi connectivity index (χ4n) is 7.04. The minimum atomic E-state index is -3.69. The van der Waals surface area contributed by atoms with Gasteiger partial charge in [-0.3, -0.25) is 19.8 Å². The summed E-state index contributed by atoms with van der Waals surface area (Å²) >= 11 is 0. The summed E-state index contributed by atoms with van der Waals surface area (Å²) in [5, 5.41) is 21.3. The lowest BCUT2D eigenvalue weighted by Gasteiger charge is -2.47. The normalized spacial score (nSPS) is 22.9. The van der Waals surface area contributed by atoms with Crippen LogP contribution in [-0.2, 0) is 39.4 Å². The first-order valence-corrected chi connectivity index (χ1v) is 18.8. The van der Waals surface area contributed by atoms with E-state index in [1.54, 1.807) is 17.0 Å². The third-order valence-corrected chi connectivity index (χ3v) is 12.3. The summed E-state index contributed by atoms with van der Waals surface area (Å²) in [6.45, 7) is 10.1. The van der Waals surface area contributed by atoms with E-state index in [9.17, 15) is 23.1 Å². The number of aromatic nitrogens is 2. The van der Waals surface area contributed by atoms with E-state index in [1.807, 2.05) is 58.2 Å². The molecule has 4 N–H and O–H groups in total. The number of β-amino-alcohol motifs (C(OH)–C–C–N with tert-alkyl or cyclic N) is 1. The lowest BCUT2D eigenvalue weighted by atomic mass is 9.72. The number of amides is 2. The molecular formula is C35H56N6O5S. The Morgan fingerprint density at radius 2 is 1.72 bits per heavy atom. The molecule has 1 saturated carbocycles. The van der Waals surface area contributed by atoms with E-state index >= 15 is 0 Å². The number of nitrogens with one attached hydrogen (secondary N) is 3. The van der Waals surface area contributed by atoms with Gasteiger partial charge in [0.2, 0.25) is 11.8 Å². The zero-order valence-corrected chi connectivity index (χ0v) is 30.0. The molecule has 1 aliphatic carbocycles. The first-order valence-electron chi connectivity index (χ1n) is 16.9. The number of benzene rings is 1. The number of carbonyl (C=O) groups is 2. The predicted octanol–water partition coefficient (Wildman–Crippen LogP) is 2.59. The molecule has 47 heavy (non-hydrogen) atoms. The molecule has 262 valence electrons. The number of piperidine rings is 1. The topological polar surface area (TPSA) is 146 Å². The highest BCUT2D eigenvalue weighted by Gasteiger charge is 2.45. The molecule has 1 aromatic carbocycles. The monoisotopic (exact) mass is 672 g/mol. The fraction of sp³-hybridized carbons (Fsp3) is 0.686. The molecule has 6 atom stereocenters. The van der Waals surface area contributed by atoms with E-state index in [4.69, 9.17) is 0 Å². The summed E-state index contributed by atoms with van der Waals surface area (Å²) in [5.74, 6) is 1.04. The van der Waals surface area contributed by atoms with Gasteiger partial charge in [-0.2, -0.15) is 0 Å². The van der Waals surface area contributed by atoms with Crippen LogP contribution in [0.2, 0.25) is 0 Å². The van der Waals surface area contributed by atoms with Gasteiger partial charge in [0.1, 0.15) is 11.9 Å². The number of aryl methyl sites for hydroxylation is 1. The largest absolute Gasteiger partial charge is 0.390 e. The SMILES string of the molecule is Cn1ccnc1CN[C@H](C(=O)N[C@@H](Cc1ccccc1)[C@H](O)CN1C[C@H]2CCCC[C@H]2C[C@H]1C(=O)NC(C)(C)C)C(C)(C)S(C)(=O)=O. The van der Waals surface area contributed by atoms with Crippen LogP contribution in [0.15, 0.2) is 42.7 Å². The predicted molar refractivity (Wildman–Crippen MR) is 184 cm³/mol. The van der Waals surface area contributed by atoms with Gasteiger partial charge in [0.15, 0.2) is 9.84 Å². The number of imidazole rings is 1. The Kier molecular flexibility index (Phi) is 12.0. The van der Waals surface area contributed by atoms with Crippen LogP contribution >= 0.6 is 0 Å². The van der Waals surface area contributed by atoms with E-state index in [2.05, 4.69) is 25.8 Å². The maximum absolute atomic E-state index is 14.1. The van der Waals surface area contributed by atoms with Crippen LogP contribution in [0.4, 0.5) is 0 Å². The Bertz CT molecular complexity index is 1450. The first-order chi connectivity index (χ1) is 22.0. The molecular weight excluding hydrogens is 616 g/mol. The summed E-state index contributed by atoms with van der Waals surface area (Å²) in [5.41, 5.74) is 0.530. The van der Waals surface area contributed by atoms with E-state index < -0.39 is 44.2 Å². The second-order valence-corrected chi connectivity index (χ2v) is 17.9. The molecule has 1 aromatic heterocycles. The maximum atomic E-state index is 14.1. The van der Waals surface area contributed by atoms with Crippen molar-refractivity contribution in [3.05, 3.63) is 54.1 Å². The molecule has 0 radical (unpaired) electrons. The Hall–Kier alpha value is -2.80. The van der Waals surface area contributed by atoms with E-state index in [0.29, 0.717) is 30.6 Å². The van der Waals surface area contributed by atoms with Crippen LogP contribution in [0.3, 0.4) is 0 Å². The van der Waals surface area contributed by atoms with Crippen molar-refractivity contribution < 1.29 is 23.1 Å². The molecule has 2 amide bonds. The van der Waals surface area contributed by atoms with Gasteiger partial charge in [-0.15, -0.1) is 0 Å². The van der Waals surface area contributed by atoms with Gasteiger partial charge in [-0.1, -0.05) is 49.6 Å². The van der Waals surface area contributed by atoms with Crippen molar-refractivity contribution in [2.75, 3.05) is 19.3 Å².